The predicted octanol–water partition coefficient (Wildman–Crippen LogP) is 2.01. The quantitative estimate of drug-likeness (QED) is 0.706. The second kappa shape index (κ2) is 4.48. The number of amides is 1. The van der Waals surface area contributed by atoms with Crippen LogP contribution in [0.4, 0.5) is 4.79 Å². The number of hydrogen-bond acceptors (Lipinski definition) is 3. The molecule has 0 aromatic rings. The molecule has 2 rings (SSSR count). The SMILES string of the molecule is CC(C)(C)OC(=O)N1CC[C@H]2C[C@H](O)C[C@H]2C1. The van der Waals surface area contributed by atoms with Crippen molar-refractivity contribution in [2.75, 3.05) is 13.1 Å². The van der Waals surface area contributed by atoms with Gasteiger partial charge in [-0.1, -0.05) is 0 Å². The Morgan fingerprint density at radius 2 is 1.94 bits per heavy atom. The number of rotatable bonds is 0. The van der Waals surface area contributed by atoms with Gasteiger partial charge in [0.05, 0.1) is 6.10 Å². The monoisotopic (exact) mass is 241 g/mol. The number of fused-ring (bicyclic) bond motifs is 1. The van der Waals surface area contributed by atoms with Gasteiger partial charge < -0.3 is 14.7 Å². The molecule has 1 saturated carbocycles. The summed E-state index contributed by atoms with van der Waals surface area (Å²) in [5.74, 6) is 1.06. The van der Waals surface area contributed by atoms with Crippen LogP contribution in [0.3, 0.4) is 0 Å². The van der Waals surface area contributed by atoms with E-state index in [1.165, 1.54) is 0 Å². The van der Waals surface area contributed by atoms with Gasteiger partial charge in [0.25, 0.3) is 0 Å². The van der Waals surface area contributed by atoms with Gasteiger partial charge in [0.2, 0.25) is 0 Å². The van der Waals surface area contributed by atoms with Crippen LogP contribution in [0.5, 0.6) is 0 Å². The minimum Gasteiger partial charge on any atom is -0.444 e. The molecule has 4 heteroatoms. The Morgan fingerprint density at radius 1 is 1.29 bits per heavy atom. The highest BCUT2D eigenvalue weighted by Gasteiger charge is 2.39. The third-order valence-corrected chi connectivity index (χ3v) is 3.69. The largest absolute Gasteiger partial charge is 0.444 e. The summed E-state index contributed by atoms with van der Waals surface area (Å²) >= 11 is 0. The van der Waals surface area contributed by atoms with Crippen LogP contribution in [0.2, 0.25) is 0 Å². The van der Waals surface area contributed by atoms with Crippen molar-refractivity contribution >= 4 is 6.09 Å². The number of aliphatic hydroxyl groups is 1. The van der Waals surface area contributed by atoms with Crippen molar-refractivity contribution in [1.82, 2.24) is 4.90 Å². The van der Waals surface area contributed by atoms with Crippen molar-refractivity contribution in [3.63, 3.8) is 0 Å². The first-order chi connectivity index (χ1) is 7.85. The second-order valence-electron chi connectivity index (χ2n) is 6.36. The Kier molecular flexibility index (Phi) is 3.34. The molecule has 1 aliphatic heterocycles. The summed E-state index contributed by atoms with van der Waals surface area (Å²) in [6.07, 6.45) is 2.37. The number of hydrogen-bond donors (Lipinski definition) is 1. The molecular formula is C13H23NO3. The molecule has 1 amide bonds. The smallest absolute Gasteiger partial charge is 0.410 e. The molecule has 1 N–H and O–H groups in total. The second-order valence-corrected chi connectivity index (χ2v) is 6.36. The third-order valence-electron chi connectivity index (χ3n) is 3.69. The summed E-state index contributed by atoms with van der Waals surface area (Å²) in [5.41, 5.74) is -0.427. The van der Waals surface area contributed by atoms with Crippen LogP contribution >= 0.6 is 0 Å². The van der Waals surface area contributed by atoms with E-state index in [0.717, 1.165) is 32.4 Å². The van der Waals surface area contributed by atoms with Crippen molar-refractivity contribution in [1.29, 1.82) is 0 Å². The molecule has 0 spiro atoms. The highest BCUT2D eigenvalue weighted by Crippen LogP contribution is 2.38. The van der Waals surface area contributed by atoms with E-state index in [-0.39, 0.29) is 12.2 Å². The molecule has 1 heterocycles. The Bertz CT molecular complexity index is 298. The number of nitrogens with zero attached hydrogens (tertiary/aromatic N) is 1. The standard InChI is InChI=1S/C13H23NO3/c1-13(2,3)17-12(16)14-5-4-9-6-11(15)7-10(9)8-14/h9-11,15H,4-8H2,1-3H3/t9-,10-,11-/m0/s1. The molecule has 2 aliphatic rings. The fourth-order valence-electron chi connectivity index (χ4n) is 2.95. The lowest BCUT2D eigenvalue weighted by Crippen LogP contribution is -2.44. The highest BCUT2D eigenvalue weighted by atomic mass is 16.6. The van der Waals surface area contributed by atoms with E-state index >= 15 is 0 Å². The van der Waals surface area contributed by atoms with Crippen molar-refractivity contribution in [3.05, 3.63) is 0 Å². The number of likely N-dealkylation sites (tertiary alicyclic amines) is 1. The summed E-state index contributed by atoms with van der Waals surface area (Å²) < 4.78 is 5.38. The maximum Gasteiger partial charge on any atom is 0.410 e. The van der Waals surface area contributed by atoms with Crippen LogP contribution in [0, 0.1) is 11.8 Å². The van der Waals surface area contributed by atoms with E-state index in [9.17, 15) is 9.90 Å². The molecule has 1 aliphatic carbocycles. The molecule has 17 heavy (non-hydrogen) atoms. The summed E-state index contributed by atoms with van der Waals surface area (Å²) in [6.45, 7) is 7.17. The molecule has 4 nitrogen and oxygen atoms in total. The highest BCUT2D eigenvalue weighted by molar-refractivity contribution is 5.68. The third kappa shape index (κ3) is 3.12. The zero-order valence-corrected chi connectivity index (χ0v) is 11.0. The van der Waals surface area contributed by atoms with Gasteiger partial charge >= 0.3 is 6.09 Å². The normalized spacial score (nSPS) is 33.4. The van der Waals surface area contributed by atoms with Crippen molar-refractivity contribution < 1.29 is 14.6 Å². The maximum absolute atomic E-state index is 11.9. The van der Waals surface area contributed by atoms with Crippen LogP contribution < -0.4 is 0 Å². The van der Waals surface area contributed by atoms with E-state index in [1.807, 2.05) is 20.8 Å². The summed E-state index contributed by atoms with van der Waals surface area (Å²) in [5, 5.41) is 9.64. The van der Waals surface area contributed by atoms with Gasteiger partial charge in [0, 0.05) is 13.1 Å². The molecule has 98 valence electrons. The zero-order chi connectivity index (χ0) is 12.6. The fourth-order valence-corrected chi connectivity index (χ4v) is 2.95. The average Bonchev–Trinajstić information content (AvgIpc) is 2.53. The zero-order valence-electron chi connectivity index (χ0n) is 11.0. The van der Waals surface area contributed by atoms with E-state index in [2.05, 4.69) is 0 Å². The summed E-state index contributed by atoms with van der Waals surface area (Å²) in [6, 6.07) is 0. The van der Waals surface area contributed by atoms with Crippen LogP contribution in [0.15, 0.2) is 0 Å². The van der Waals surface area contributed by atoms with E-state index in [4.69, 9.17) is 4.74 Å². The lowest BCUT2D eigenvalue weighted by atomic mass is 9.89. The molecule has 3 atom stereocenters. The molecule has 0 bridgehead atoms. The number of piperidine rings is 1. The average molecular weight is 241 g/mol. The fraction of sp³-hybridized carbons (Fsp3) is 0.923. The van der Waals surface area contributed by atoms with Crippen LogP contribution in [0.1, 0.15) is 40.0 Å². The predicted molar refractivity (Wildman–Crippen MR) is 64.6 cm³/mol. The minimum atomic E-state index is -0.427. The minimum absolute atomic E-state index is 0.163. The van der Waals surface area contributed by atoms with Gasteiger partial charge in [0.1, 0.15) is 5.60 Å². The molecule has 0 unspecified atom stereocenters. The summed E-state index contributed by atoms with van der Waals surface area (Å²) in [4.78, 5) is 13.7. The molecule has 2 fully saturated rings. The number of ether oxygens (including phenoxy) is 1. The van der Waals surface area contributed by atoms with Crippen LogP contribution in [-0.4, -0.2) is 40.9 Å². The van der Waals surface area contributed by atoms with Crippen LogP contribution in [0.25, 0.3) is 0 Å². The molecule has 0 radical (unpaired) electrons. The molecular weight excluding hydrogens is 218 g/mol. The lowest BCUT2D eigenvalue weighted by molar-refractivity contribution is 0.0126. The molecule has 1 saturated heterocycles. The Morgan fingerprint density at radius 3 is 2.59 bits per heavy atom. The molecule has 0 aromatic carbocycles. The van der Waals surface area contributed by atoms with Gasteiger partial charge in [-0.05, 0) is 51.9 Å². The Labute approximate surface area is 103 Å². The van der Waals surface area contributed by atoms with Crippen molar-refractivity contribution in [2.24, 2.45) is 11.8 Å². The maximum atomic E-state index is 11.9. The number of aliphatic hydroxyl groups excluding tert-OH is 1. The van der Waals surface area contributed by atoms with Crippen LogP contribution in [-0.2, 0) is 4.74 Å². The van der Waals surface area contributed by atoms with Crippen molar-refractivity contribution in [3.8, 4) is 0 Å². The Hall–Kier alpha value is -0.770. The van der Waals surface area contributed by atoms with E-state index < -0.39 is 5.60 Å². The van der Waals surface area contributed by atoms with E-state index in [0.29, 0.717) is 11.8 Å². The van der Waals surface area contributed by atoms with Gasteiger partial charge in [-0.15, -0.1) is 0 Å². The Balaban J connectivity index is 1.90. The lowest BCUT2D eigenvalue weighted by Gasteiger charge is -2.35. The van der Waals surface area contributed by atoms with Gasteiger partial charge in [0.15, 0.2) is 0 Å². The van der Waals surface area contributed by atoms with E-state index in [1.54, 1.807) is 4.90 Å². The van der Waals surface area contributed by atoms with Crippen molar-refractivity contribution in [2.45, 2.75) is 51.7 Å². The topological polar surface area (TPSA) is 49.8 Å². The molecule has 0 aromatic heterocycles. The van der Waals surface area contributed by atoms with Gasteiger partial charge in [-0.3, -0.25) is 0 Å². The van der Waals surface area contributed by atoms with Gasteiger partial charge in [-0.2, -0.15) is 0 Å². The van der Waals surface area contributed by atoms with Gasteiger partial charge in [-0.25, -0.2) is 4.79 Å². The summed E-state index contributed by atoms with van der Waals surface area (Å²) in [7, 11) is 0. The first-order valence-electron chi connectivity index (χ1n) is 6.51. The first kappa shape index (κ1) is 12.7. The number of carbonyl (C=O) groups is 1. The number of carbonyl (C=O) groups excluding carboxylic acids is 1. The first-order valence-corrected chi connectivity index (χ1v) is 6.51.